The van der Waals surface area contributed by atoms with Crippen LogP contribution in [0.5, 0.6) is 0 Å². The van der Waals surface area contributed by atoms with Crippen molar-refractivity contribution in [1.29, 1.82) is 0 Å². The second-order valence-electron chi connectivity index (χ2n) is 5.96. The molecular formula is C13H27N3. The molecule has 0 spiro atoms. The predicted octanol–water partition coefficient (Wildman–Crippen LogP) is 0.913. The molecule has 3 heteroatoms. The van der Waals surface area contributed by atoms with Crippen molar-refractivity contribution in [2.75, 3.05) is 26.2 Å². The highest BCUT2D eigenvalue weighted by molar-refractivity contribution is 4.93. The minimum absolute atomic E-state index is 0.644. The van der Waals surface area contributed by atoms with Gasteiger partial charge in [-0.3, -0.25) is 4.90 Å². The molecule has 2 rings (SSSR count). The quantitative estimate of drug-likeness (QED) is 0.695. The van der Waals surface area contributed by atoms with Crippen LogP contribution in [0.2, 0.25) is 0 Å². The van der Waals surface area contributed by atoms with Crippen molar-refractivity contribution < 1.29 is 0 Å². The van der Waals surface area contributed by atoms with E-state index in [0.29, 0.717) is 12.1 Å². The molecule has 0 radical (unpaired) electrons. The van der Waals surface area contributed by atoms with Gasteiger partial charge in [-0.2, -0.15) is 0 Å². The Labute approximate surface area is 100.0 Å². The maximum Gasteiger partial charge on any atom is 0.0196 e. The molecular weight excluding hydrogens is 198 g/mol. The summed E-state index contributed by atoms with van der Waals surface area (Å²) in [6.45, 7) is 14.2. The topological polar surface area (TPSA) is 27.3 Å². The zero-order valence-electron chi connectivity index (χ0n) is 11.2. The number of nitrogens with one attached hydrogen (secondary N) is 2. The lowest BCUT2D eigenvalue weighted by atomic mass is 9.84. The van der Waals surface area contributed by atoms with Gasteiger partial charge in [0.05, 0.1) is 0 Å². The minimum Gasteiger partial charge on any atom is -0.316 e. The van der Waals surface area contributed by atoms with Gasteiger partial charge in [-0.05, 0) is 38.8 Å². The molecule has 4 atom stereocenters. The van der Waals surface area contributed by atoms with E-state index < -0.39 is 0 Å². The maximum atomic E-state index is 3.57. The predicted molar refractivity (Wildman–Crippen MR) is 68.6 cm³/mol. The summed E-state index contributed by atoms with van der Waals surface area (Å²) in [7, 11) is 0. The van der Waals surface area contributed by atoms with E-state index in [1.165, 1.54) is 19.6 Å². The Balaban J connectivity index is 2.07. The van der Waals surface area contributed by atoms with Crippen molar-refractivity contribution in [2.45, 2.75) is 45.8 Å². The molecule has 2 N–H and O–H groups in total. The zero-order chi connectivity index (χ0) is 11.7. The summed E-state index contributed by atoms with van der Waals surface area (Å²) in [5, 5.41) is 7.11. The molecule has 16 heavy (non-hydrogen) atoms. The molecule has 2 fully saturated rings. The Bertz CT molecular complexity index is 221. The molecule has 0 amide bonds. The molecule has 0 aromatic rings. The van der Waals surface area contributed by atoms with Crippen LogP contribution in [0.1, 0.15) is 27.7 Å². The third-order valence-electron chi connectivity index (χ3n) is 4.29. The van der Waals surface area contributed by atoms with Crippen LogP contribution in [0.3, 0.4) is 0 Å². The largest absolute Gasteiger partial charge is 0.316 e. The molecule has 0 saturated carbocycles. The van der Waals surface area contributed by atoms with Crippen molar-refractivity contribution in [3.05, 3.63) is 0 Å². The summed E-state index contributed by atoms with van der Waals surface area (Å²) in [5.41, 5.74) is 0. The first-order valence-corrected chi connectivity index (χ1v) is 6.79. The molecule has 3 nitrogen and oxygen atoms in total. The zero-order valence-corrected chi connectivity index (χ0v) is 11.2. The summed E-state index contributed by atoms with van der Waals surface area (Å²) >= 11 is 0. The second-order valence-corrected chi connectivity index (χ2v) is 5.96. The molecule has 2 heterocycles. The van der Waals surface area contributed by atoms with E-state index in [1.807, 2.05) is 0 Å². The highest BCUT2D eigenvalue weighted by Crippen LogP contribution is 2.26. The van der Waals surface area contributed by atoms with Gasteiger partial charge >= 0.3 is 0 Å². The van der Waals surface area contributed by atoms with E-state index in [-0.39, 0.29) is 0 Å². The Hall–Kier alpha value is -0.120. The normalized spacial score (nSPS) is 46.9. The van der Waals surface area contributed by atoms with Crippen molar-refractivity contribution >= 4 is 0 Å². The fourth-order valence-electron chi connectivity index (χ4n) is 3.46. The summed E-state index contributed by atoms with van der Waals surface area (Å²) < 4.78 is 0. The van der Waals surface area contributed by atoms with Gasteiger partial charge < -0.3 is 10.6 Å². The van der Waals surface area contributed by atoms with Crippen LogP contribution in [-0.2, 0) is 0 Å². The van der Waals surface area contributed by atoms with Crippen LogP contribution in [-0.4, -0.2) is 49.2 Å². The Morgan fingerprint density at radius 3 is 2.19 bits per heavy atom. The third kappa shape index (κ3) is 2.41. The lowest BCUT2D eigenvalue weighted by molar-refractivity contribution is 0.0224. The average Bonchev–Trinajstić information content (AvgIpc) is 2.23. The van der Waals surface area contributed by atoms with Gasteiger partial charge in [0.25, 0.3) is 0 Å². The highest BCUT2D eigenvalue weighted by Gasteiger charge is 2.36. The molecule has 2 aliphatic rings. The van der Waals surface area contributed by atoms with Crippen LogP contribution in [0.15, 0.2) is 0 Å². The first-order chi connectivity index (χ1) is 7.59. The molecule has 94 valence electrons. The second kappa shape index (κ2) is 5.03. The molecule has 4 unspecified atom stereocenters. The number of piperazine rings is 1. The van der Waals surface area contributed by atoms with Gasteiger partial charge in [-0.25, -0.2) is 0 Å². The number of piperidine rings is 1. The monoisotopic (exact) mass is 225 g/mol. The van der Waals surface area contributed by atoms with Crippen LogP contribution in [0.4, 0.5) is 0 Å². The fourth-order valence-corrected chi connectivity index (χ4v) is 3.46. The first-order valence-electron chi connectivity index (χ1n) is 6.79. The first kappa shape index (κ1) is 12.3. The Morgan fingerprint density at radius 2 is 1.56 bits per heavy atom. The van der Waals surface area contributed by atoms with Crippen LogP contribution in [0.25, 0.3) is 0 Å². The van der Waals surface area contributed by atoms with Crippen LogP contribution < -0.4 is 10.6 Å². The Morgan fingerprint density at radius 1 is 0.938 bits per heavy atom. The Kier molecular flexibility index (Phi) is 3.88. The van der Waals surface area contributed by atoms with Gasteiger partial charge in [-0.15, -0.1) is 0 Å². The standard InChI is InChI=1S/C13H27N3/c1-9-5-14-6-10(2)13(9)16-8-11(3)15-7-12(16)4/h9-15H,5-8H2,1-4H3. The number of hydrogen-bond donors (Lipinski definition) is 2. The minimum atomic E-state index is 0.644. The lowest BCUT2D eigenvalue weighted by Gasteiger charge is -2.49. The van der Waals surface area contributed by atoms with Gasteiger partial charge in [0.15, 0.2) is 0 Å². The van der Waals surface area contributed by atoms with E-state index in [1.54, 1.807) is 0 Å². The summed E-state index contributed by atoms with van der Waals surface area (Å²) in [6.07, 6.45) is 0. The molecule has 0 aromatic heterocycles. The summed E-state index contributed by atoms with van der Waals surface area (Å²) in [6, 6.07) is 2.09. The third-order valence-corrected chi connectivity index (χ3v) is 4.29. The van der Waals surface area contributed by atoms with Gasteiger partial charge in [0.1, 0.15) is 0 Å². The van der Waals surface area contributed by atoms with Crippen molar-refractivity contribution in [3.8, 4) is 0 Å². The SMILES string of the molecule is CC1CN(C2C(C)CNCC2C)C(C)CN1. The molecule has 2 aliphatic heterocycles. The maximum absolute atomic E-state index is 3.57. The molecule has 0 bridgehead atoms. The van der Waals surface area contributed by atoms with Gasteiger partial charge in [0.2, 0.25) is 0 Å². The summed E-state index contributed by atoms with van der Waals surface area (Å²) in [5.74, 6) is 1.55. The van der Waals surface area contributed by atoms with Crippen LogP contribution in [0, 0.1) is 11.8 Å². The van der Waals surface area contributed by atoms with Gasteiger partial charge in [-0.1, -0.05) is 13.8 Å². The van der Waals surface area contributed by atoms with E-state index in [2.05, 4.69) is 43.2 Å². The van der Waals surface area contributed by atoms with Crippen LogP contribution >= 0.6 is 0 Å². The number of hydrogen-bond acceptors (Lipinski definition) is 3. The fraction of sp³-hybridized carbons (Fsp3) is 1.00. The van der Waals surface area contributed by atoms with Crippen molar-refractivity contribution in [1.82, 2.24) is 15.5 Å². The molecule has 2 saturated heterocycles. The highest BCUT2D eigenvalue weighted by atomic mass is 15.3. The average molecular weight is 225 g/mol. The summed E-state index contributed by atoms with van der Waals surface area (Å²) in [4.78, 5) is 2.75. The van der Waals surface area contributed by atoms with Gasteiger partial charge in [0, 0.05) is 31.2 Å². The van der Waals surface area contributed by atoms with E-state index in [0.717, 1.165) is 24.4 Å². The number of rotatable bonds is 1. The lowest BCUT2D eigenvalue weighted by Crippen LogP contribution is -2.63. The van der Waals surface area contributed by atoms with E-state index >= 15 is 0 Å². The number of nitrogens with zero attached hydrogens (tertiary/aromatic N) is 1. The molecule has 0 aliphatic carbocycles. The molecule has 0 aromatic carbocycles. The van der Waals surface area contributed by atoms with Crippen molar-refractivity contribution in [2.24, 2.45) is 11.8 Å². The van der Waals surface area contributed by atoms with E-state index in [9.17, 15) is 0 Å². The smallest absolute Gasteiger partial charge is 0.0196 e. The van der Waals surface area contributed by atoms with Crippen molar-refractivity contribution in [3.63, 3.8) is 0 Å². The van der Waals surface area contributed by atoms with E-state index in [4.69, 9.17) is 0 Å².